The Morgan fingerprint density at radius 1 is 1.48 bits per heavy atom. The van der Waals surface area contributed by atoms with E-state index in [1.54, 1.807) is 18.9 Å². The largest absolute Gasteiger partial charge is 0.496 e. The van der Waals surface area contributed by atoms with Crippen LogP contribution >= 0.6 is 39.0 Å². The molecule has 1 unspecified atom stereocenters. The lowest BCUT2D eigenvalue weighted by atomic mass is 10.1. The van der Waals surface area contributed by atoms with Crippen molar-refractivity contribution in [2.45, 2.75) is 13.0 Å². The lowest BCUT2D eigenvalue weighted by Crippen LogP contribution is -2.16. The maximum absolute atomic E-state index is 12.0. The number of rotatable bonds is 5. The van der Waals surface area contributed by atoms with Gasteiger partial charge >= 0.3 is 5.97 Å². The van der Waals surface area contributed by atoms with Gasteiger partial charge in [0.25, 0.3) is 0 Å². The number of hydrogen-bond donors (Lipinski definition) is 0. The summed E-state index contributed by atoms with van der Waals surface area (Å²) in [6.45, 7) is 0.229. The molecule has 1 aliphatic rings. The Morgan fingerprint density at radius 3 is 3.09 bits per heavy atom. The van der Waals surface area contributed by atoms with Crippen LogP contribution in [0.2, 0.25) is 0 Å². The van der Waals surface area contributed by atoms with Crippen molar-refractivity contribution in [1.82, 2.24) is 4.98 Å². The predicted octanol–water partition coefficient (Wildman–Crippen LogP) is 4.38. The minimum Gasteiger partial charge on any atom is -0.496 e. The number of halogens is 1. The second-order valence-electron chi connectivity index (χ2n) is 5.16. The summed E-state index contributed by atoms with van der Waals surface area (Å²) in [7, 11) is 1.64. The van der Waals surface area contributed by atoms with Crippen molar-refractivity contribution in [3.05, 3.63) is 33.7 Å². The second-order valence-corrected chi connectivity index (χ2v) is 8.08. The number of ether oxygens (including phenoxy) is 2. The van der Waals surface area contributed by atoms with Gasteiger partial charge in [0, 0.05) is 15.6 Å². The molecule has 1 saturated heterocycles. The van der Waals surface area contributed by atoms with E-state index >= 15 is 0 Å². The van der Waals surface area contributed by atoms with E-state index in [0.29, 0.717) is 0 Å². The molecule has 0 bridgehead atoms. The number of thioether (sulfide) groups is 1. The zero-order valence-electron chi connectivity index (χ0n) is 12.6. The Kier molecular flexibility index (Phi) is 5.61. The summed E-state index contributed by atoms with van der Waals surface area (Å²) in [6.07, 6.45) is 0.918. The van der Waals surface area contributed by atoms with Crippen molar-refractivity contribution in [3.8, 4) is 16.3 Å². The first kappa shape index (κ1) is 16.8. The number of carbonyl (C=O) groups is 1. The van der Waals surface area contributed by atoms with Crippen LogP contribution in [0.15, 0.2) is 28.1 Å². The van der Waals surface area contributed by atoms with E-state index < -0.39 is 0 Å². The third-order valence-electron chi connectivity index (χ3n) is 3.57. The maximum Gasteiger partial charge on any atom is 0.310 e. The normalized spacial score (nSPS) is 17.2. The van der Waals surface area contributed by atoms with E-state index in [1.165, 1.54) is 11.3 Å². The van der Waals surface area contributed by atoms with Crippen LogP contribution in [0.25, 0.3) is 10.6 Å². The molecule has 23 heavy (non-hydrogen) atoms. The molecule has 7 heteroatoms. The number of aromatic nitrogens is 1. The molecule has 122 valence electrons. The Morgan fingerprint density at radius 2 is 2.35 bits per heavy atom. The van der Waals surface area contributed by atoms with Gasteiger partial charge in [0.1, 0.15) is 17.4 Å². The van der Waals surface area contributed by atoms with E-state index in [9.17, 15) is 4.79 Å². The average Bonchev–Trinajstić information content (AvgIpc) is 3.24. The highest BCUT2D eigenvalue weighted by molar-refractivity contribution is 9.10. The number of hydrogen-bond acceptors (Lipinski definition) is 6. The van der Waals surface area contributed by atoms with Gasteiger partial charge in [-0.05, 0) is 30.4 Å². The quantitative estimate of drug-likeness (QED) is 0.680. The lowest BCUT2D eigenvalue weighted by molar-refractivity contribution is -0.149. The Hall–Kier alpha value is -1.05. The Bertz CT molecular complexity index is 698. The fourth-order valence-electron chi connectivity index (χ4n) is 2.33. The molecule has 0 spiro atoms. The monoisotopic (exact) mass is 413 g/mol. The van der Waals surface area contributed by atoms with Gasteiger partial charge in [0.2, 0.25) is 0 Å². The maximum atomic E-state index is 12.0. The van der Waals surface area contributed by atoms with Gasteiger partial charge in [0.15, 0.2) is 0 Å². The molecule has 4 nitrogen and oxygen atoms in total. The summed E-state index contributed by atoms with van der Waals surface area (Å²) >= 11 is 6.79. The molecule has 0 saturated carbocycles. The van der Waals surface area contributed by atoms with Crippen LogP contribution in [0.3, 0.4) is 0 Å². The highest BCUT2D eigenvalue weighted by Gasteiger charge is 2.24. The van der Waals surface area contributed by atoms with E-state index in [-0.39, 0.29) is 18.5 Å². The van der Waals surface area contributed by atoms with E-state index in [4.69, 9.17) is 9.47 Å². The number of nitrogens with zero attached hydrogens (tertiary/aromatic N) is 1. The average molecular weight is 414 g/mol. The summed E-state index contributed by atoms with van der Waals surface area (Å²) in [5.74, 6) is 2.63. The Balaban J connectivity index is 1.68. The molecule has 2 heterocycles. The van der Waals surface area contributed by atoms with Crippen LogP contribution in [0, 0.1) is 5.92 Å². The van der Waals surface area contributed by atoms with Crippen LogP contribution in [0.5, 0.6) is 5.75 Å². The molecule has 1 fully saturated rings. The molecule has 0 radical (unpaired) electrons. The van der Waals surface area contributed by atoms with E-state index in [1.807, 2.05) is 23.6 Å². The molecule has 1 aliphatic heterocycles. The third kappa shape index (κ3) is 4.08. The van der Waals surface area contributed by atoms with Gasteiger partial charge in [-0.3, -0.25) is 4.79 Å². The fourth-order valence-corrected chi connectivity index (χ4v) is 4.72. The van der Waals surface area contributed by atoms with Crippen molar-refractivity contribution < 1.29 is 14.3 Å². The SMILES string of the molecule is COc1ccc(Br)cc1-c1nc(COC(=O)C2CCSC2)cs1. The van der Waals surface area contributed by atoms with Crippen molar-refractivity contribution in [2.75, 3.05) is 18.6 Å². The van der Waals surface area contributed by atoms with Crippen molar-refractivity contribution in [2.24, 2.45) is 5.92 Å². The minimum atomic E-state index is -0.107. The van der Waals surface area contributed by atoms with Gasteiger partial charge in [-0.15, -0.1) is 11.3 Å². The van der Waals surface area contributed by atoms with Crippen LogP contribution in [-0.2, 0) is 16.1 Å². The molecular formula is C16H16BrNO3S2. The Labute approximate surface area is 151 Å². The van der Waals surface area contributed by atoms with Crippen LogP contribution in [0.4, 0.5) is 0 Å². The predicted molar refractivity (Wildman–Crippen MR) is 97.0 cm³/mol. The molecule has 0 N–H and O–H groups in total. The molecule has 1 atom stereocenters. The number of esters is 1. The smallest absolute Gasteiger partial charge is 0.310 e. The van der Waals surface area contributed by atoms with Gasteiger partial charge in [-0.2, -0.15) is 11.8 Å². The van der Waals surface area contributed by atoms with Crippen molar-refractivity contribution in [3.63, 3.8) is 0 Å². The standard InChI is InChI=1S/C16H16BrNO3S2/c1-20-14-3-2-11(17)6-13(14)15-18-12(9-23-15)7-21-16(19)10-4-5-22-8-10/h2-3,6,9-10H,4-5,7-8H2,1H3. The zero-order chi connectivity index (χ0) is 16.2. The van der Waals surface area contributed by atoms with Gasteiger partial charge in [-0.25, -0.2) is 4.98 Å². The summed E-state index contributed by atoms with van der Waals surface area (Å²) in [5.41, 5.74) is 1.70. The highest BCUT2D eigenvalue weighted by atomic mass is 79.9. The van der Waals surface area contributed by atoms with Crippen LogP contribution in [0.1, 0.15) is 12.1 Å². The number of methoxy groups -OCH3 is 1. The van der Waals surface area contributed by atoms with Crippen LogP contribution < -0.4 is 4.74 Å². The van der Waals surface area contributed by atoms with Gasteiger partial charge < -0.3 is 9.47 Å². The highest BCUT2D eigenvalue weighted by Crippen LogP contribution is 2.34. The summed E-state index contributed by atoms with van der Waals surface area (Å²) in [4.78, 5) is 16.5. The summed E-state index contributed by atoms with van der Waals surface area (Å²) in [6, 6.07) is 5.81. The van der Waals surface area contributed by atoms with Gasteiger partial charge in [0.05, 0.1) is 24.3 Å². The molecule has 0 aliphatic carbocycles. The molecule has 3 rings (SSSR count). The number of carbonyl (C=O) groups excluding carboxylic acids is 1. The summed E-state index contributed by atoms with van der Waals surface area (Å²) < 4.78 is 11.7. The molecule has 1 aromatic heterocycles. The topological polar surface area (TPSA) is 48.4 Å². The second kappa shape index (κ2) is 7.68. The van der Waals surface area contributed by atoms with Crippen LogP contribution in [-0.4, -0.2) is 29.6 Å². The lowest BCUT2D eigenvalue weighted by Gasteiger charge is -2.08. The molecule has 2 aromatic rings. The molecule has 1 aromatic carbocycles. The van der Waals surface area contributed by atoms with Crippen molar-refractivity contribution in [1.29, 1.82) is 0 Å². The summed E-state index contributed by atoms with van der Waals surface area (Å²) in [5, 5.41) is 2.78. The molecular weight excluding hydrogens is 398 g/mol. The third-order valence-corrected chi connectivity index (χ3v) is 6.15. The number of thiazole rings is 1. The van der Waals surface area contributed by atoms with Gasteiger partial charge in [-0.1, -0.05) is 15.9 Å². The first-order valence-electron chi connectivity index (χ1n) is 7.20. The van der Waals surface area contributed by atoms with E-state index in [2.05, 4.69) is 20.9 Å². The zero-order valence-corrected chi connectivity index (χ0v) is 15.8. The minimum absolute atomic E-state index is 0.0447. The fraction of sp³-hybridized carbons (Fsp3) is 0.375. The first-order valence-corrected chi connectivity index (χ1v) is 10.0. The van der Waals surface area contributed by atoms with E-state index in [0.717, 1.165) is 44.4 Å². The van der Waals surface area contributed by atoms with Crippen molar-refractivity contribution >= 4 is 45.0 Å². The number of benzene rings is 1. The molecule has 0 amide bonds. The first-order chi connectivity index (χ1) is 11.2.